The van der Waals surface area contributed by atoms with E-state index in [1.165, 1.54) is 17.9 Å². The number of carbonyl (C=O) groups is 2. The summed E-state index contributed by atoms with van der Waals surface area (Å²) in [6.45, 7) is 6.95. The van der Waals surface area contributed by atoms with E-state index in [4.69, 9.17) is 9.47 Å². The highest BCUT2D eigenvalue weighted by atomic mass is 32.2. The molecule has 0 aliphatic rings. The van der Waals surface area contributed by atoms with Gasteiger partial charge >= 0.3 is 12.1 Å². The SMILES string of the molecule is CCOC(=O)C(CCC(O)=C[S+](C)(C)=O)NC(=O)OC(C)(C)C. The van der Waals surface area contributed by atoms with Gasteiger partial charge in [0.15, 0.2) is 5.41 Å². The highest BCUT2D eigenvalue weighted by Gasteiger charge is 2.26. The van der Waals surface area contributed by atoms with Crippen LogP contribution in [0.4, 0.5) is 4.79 Å². The fourth-order valence-electron chi connectivity index (χ4n) is 1.62. The Bertz CT molecular complexity index is 489. The van der Waals surface area contributed by atoms with E-state index in [0.717, 1.165) is 0 Å². The van der Waals surface area contributed by atoms with E-state index in [0.29, 0.717) is 0 Å². The minimum Gasteiger partial charge on any atom is -0.508 e. The van der Waals surface area contributed by atoms with Crippen LogP contribution in [0.15, 0.2) is 11.2 Å². The van der Waals surface area contributed by atoms with E-state index in [2.05, 4.69) is 5.32 Å². The monoisotopic (exact) mass is 350 g/mol. The van der Waals surface area contributed by atoms with E-state index in [-0.39, 0.29) is 25.2 Å². The predicted octanol–water partition coefficient (Wildman–Crippen LogP) is 2.38. The van der Waals surface area contributed by atoms with E-state index in [1.54, 1.807) is 27.7 Å². The summed E-state index contributed by atoms with van der Waals surface area (Å²) in [6.07, 6.45) is 2.43. The Morgan fingerprint density at radius 1 is 1.30 bits per heavy atom. The average Bonchev–Trinajstić information content (AvgIpc) is 2.30. The molecule has 0 saturated carbocycles. The third-order valence-corrected chi connectivity index (χ3v) is 3.21. The molecule has 0 aromatic carbocycles. The van der Waals surface area contributed by atoms with Crippen molar-refractivity contribution in [1.29, 1.82) is 0 Å². The summed E-state index contributed by atoms with van der Waals surface area (Å²) < 4.78 is 21.6. The first-order valence-corrected chi connectivity index (χ1v) is 9.77. The molecular formula is C15H28NO6S+. The fraction of sp³-hybridized carbons (Fsp3) is 0.733. The number of allylic oxidation sites excluding steroid dienone is 1. The van der Waals surface area contributed by atoms with E-state index < -0.39 is 33.6 Å². The molecule has 1 amide bonds. The average molecular weight is 350 g/mol. The maximum Gasteiger partial charge on any atom is 0.408 e. The Labute approximate surface area is 138 Å². The summed E-state index contributed by atoms with van der Waals surface area (Å²) in [4.78, 5) is 23.7. The molecule has 0 aliphatic heterocycles. The lowest BCUT2D eigenvalue weighted by molar-refractivity contribution is -0.145. The molecule has 0 spiro atoms. The van der Waals surface area contributed by atoms with Crippen molar-refractivity contribution in [2.75, 3.05) is 19.1 Å². The Hall–Kier alpha value is -1.57. The summed E-state index contributed by atoms with van der Waals surface area (Å²) in [6, 6.07) is -0.954. The van der Waals surface area contributed by atoms with Gasteiger partial charge in [-0.25, -0.2) is 9.59 Å². The van der Waals surface area contributed by atoms with Crippen LogP contribution >= 0.6 is 0 Å². The zero-order chi connectivity index (χ0) is 18.3. The van der Waals surface area contributed by atoms with Gasteiger partial charge in [-0.1, -0.05) is 0 Å². The lowest BCUT2D eigenvalue weighted by Crippen LogP contribution is -2.44. The molecule has 1 unspecified atom stereocenters. The second-order valence-electron chi connectivity index (χ2n) is 6.41. The van der Waals surface area contributed by atoms with Gasteiger partial charge in [-0.05, 0) is 34.1 Å². The molecule has 2 N–H and O–H groups in total. The van der Waals surface area contributed by atoms with Crippen LogP contribution in [-0.4, -0.2) is 47.9 Å². The van der Waals surface area contributed by atoms with Crippen molar-refractivity contribution in [2.45, 2.75) is 52.2 Å². The van der Waals surface area contributed by atoms with Gasteiger partial charge < -0.3 is 19.9 Å². The number of rotatable bonds is 7. The number of alkyl carbamates (subject to hydrolysis) is 1. The van der Waals surface area contributed by atoms with Crippen LogP contribution < -0.4 is 5.32 Å². The Kier molecular flexibility index (Phi) is 8.30. The molecule has 0 radical (unpaired) electrons. The second-order valence-corrected chi connectivity index (χ2v) is 9.26. The summed E-state index contributed by atoms with van der Waals surface area (Å²) in [5.41, 5.74) is -0.693. The van der Waals surface area contributed by atoms with Crippen LogP contribution in [0.5, 0.6) is 0 Å². The molecule has 1 atom stereocenters. The van der Waals surface area contributed by atoms with Crippen LogP contribution in [0.25, 0.3) is 0 Å². The summed E-state index contributed by atoms with van der Waals surface area (Å²) in [5.74, 6) is -0.708. The standard InChI is InChI=1S/C15H27NO6S/c1-7-21-13(18)12(16-14(19)22-15(2,3)4)9-8-11(17)10-23(5,6)20/h10,12H,7-9H2,1-6H3,(H-,16,17,19,20)/p+1. The second kappa shape index (κ2) is 8.90. The number of esters is 1. The zero-order valence-corrected chi connectivity index (χ0v) is 15.5. The minimum atomic E-state index is -2.24. The third-order valence-electron chi connectivity index (χ3n) is 2.37. The van der Waals surface area contributed by atoms with Crippen LogP contribution in [0.3, 0.4) is 0 Å². The summed E-state index contributed by atoms with van der Waals surface area (Å²) in [5, 5.41) is 13.4. The number of ether oxygens (including phenoxy) is 2. The number of hydrogen-bond donors (Lipinski definition) is 2. The van der Waals surface area contributed by atoms with E-state index >= 15 is 0 Å². The highest BCUT2D eigenvalue weighted by molar-refractivity contribution is 8.04. The van der Waals surface area contributed by atoms with Crippen molar-refractivity contribution in [3.63, 3.8) is 0 Å². The molecule has 0 fully saturated rings. The smallest absolute Gasteiger partial charge is 0.408 e. The molecule has 0 bridgehead atoms. The molecule has 7 nitrogen and oxygen atoms in total. The van der Waals surface area contributed by atoms with E-state index in [9.17, 15) is 18.9 Å². The molecule has 134 valence electrons. The van der Waals surface area contributed by atoms with Crippen molar-refractivity contribution in [2.24, 2.45) is 0 Å². The van der Waals surface area contributed by atoms with Gasteiger partial charge in [-0.3, -0.25) is 0 Å². The first-order valence-electron chi connectivity index (χ1n) is 7.34. The molecule has 0 aromatic rings. The van der Waals surface area contributed by atoms with Gasteiger partial charge in [-0.15, -0.1) is 4.21 Å². The van der Waals surface area contributed by atoms with Crippen LogP contribution in [0.1, 0.15) is 40.5 Å². The third kappa shape index (κ3) is 11.6. The van der Waals surface area contributed by atoms with Crippen molar-refractivity contribution >= 4 is 22.0 Å². The first kappa shape index (κ1) is 21.4. The van der Waals surface area contributed by atoms with Crippen LogP contribution in [0.2, 0.25) is 0 Å². The molecule has 0 rings (SSSR count). The van der Waals surface area contributed by atoms with Gasteiger partial charge in [0.05, 0.1) is 6.61 Å². The molecule has 23 heavy (non-hydrogen) atoms. The molecular weight excluding hydrogens is 322 g/mol. The van der Waals surface area contributed by atoms with E-state index in [1.807, 2.05) is 0 Å². The van der Waals surface area contributed by atoms with Gasteiger partial charge in [0.1, 0.15) is 39.8 Å². The van der Waals surface area contributed by atoms with Crippen molar-refractivity contribution in [1.82, 2.24) is 5.32 Å². The first-order chi connectivity index (χ1) is 10.3. The lowest BCUT2D eigenvalue weighted by Gasteiger charge is -2.22. The molecule has 0 saturated heterocycles. The number of nitrogens with one attached hydrogen (secondary N) is 1. The predicted molar refractivity (Wildman–Crippen MR) is 89.6 cm³/mol. The zero-order valence-electron chi connectivity index (χ0n) is 14.7. The topological polar surface area (TPSA) is 102 Å². The Balaban J connectivity index is 4.83. The Morgan fingerprint density at radius 3 is 2.30 bits per heavy atom. The maximum absolute atomic E-state index is 11.9. The molecule has 8 heteroatoms. The Morgan fingerprint density at radius 2 is 1.87 bits per heavy atom. The van der Waals surface area contributed by atoms with Crippen molar-refractivity contribution in [3.05, 3.63) is 11.2 Å². The minimum absolute atomic E-state index is 0.0813. The number of aliphatic hydroxyl groups excluding tert-OH is 1. The van der Waals surface area contributed by atoms with Crippen LogP contribution in [0, 0.1) is 0 Å². The summed E-state index contributed by atoms with van der Waals surface area (Å²) in [7, 11) is -2.24. The highest BCUT2D eigenvalue weighted by Crippen LogP contribution is 2.12. The number of carbonyl (C=O) groups excluding carboxylic acids is 2. The molecule has 0 heterocycles. The lowest BCUT2D eigenvalue weighted by atomic mass is 10.1. The fourth-order valence-corrected chi connectivity index (χ4v) is 2.39. The van der Waals surface area contributed by atoms with Gasteiger partial charge in [0, 0.05) is 6.42 Å². The van der Waals surface area contributed by atoms with Gasteiger partial charge in [0.2, 0.25) is 0 Å². The molecule has 0 aromatic heterocycles. The van der Waals surface area contributed by atoms with Crippen molar-refractivity contribution in [3.8, 4) is 0 Å². The van der Waals surface area contributed by atoms with Gasteiger partial charge in [0.25, 0.3) is 0 Å². The molecule has 0 aliphatic carbocycles. The quantitative estimate of drug-likeness (QED) is 0.415. The largest absolute Gasteiger partial charge is 0.508 e. The maximum atomic E-state index is 11.9. The van der Waals surface area contributed by atoms with Gasteiger partial charge in [-0.2, -0.15) is 0 Å². The number of hydrogen-bond acceptors (Lipinski definition) is 6. The van der Waals surface area contributed by atoms with Crippen molar-refractivity contribution < 1.29 is 28.4 Å². The van der Waals surface area contributed by atoms with Crippen LogP contribution in [-0.2, 0) is 28.4 Å². The summed E-state index contributed by atoms with van der Waals surface area (Å²) >= 11 is 0. The normalized spacial score (nSPS) is 14.1. The number of aliphatic hydroxyl groups is 1. The number of amides is 1.